The van der Waals surface area contributed by atoms with Crippen molar-refractivity contribution < 1.29 is 18.0 Å². The molecule has 7 nitrogen and oxygen atoms in total. The zero-order chi connectivity index (χ0) is 25.5. The predicted molar refractivity (Wildman–Crippen MR) is 137 cm³/mol. The fourth-order valence-electron chi connectivity index (χ4n) is 3.67. The molecule has 0 saturated carbocycles. The highest BCUT2D eigenvalue weighted by atomic mass is 32.2. The lowest BCUT2D eigenvalue weighted by Gasteiger charge is -2.32. The largest absolute Gasteiger partial charge is 0.354 e. The van der Waals surface area contributed by atoms with Crippen molar-refractivity contribution in [1.82, 2.24) is 10.2 Å². The number of unbranched alkanes of at least 4 members (excludes halogenated alkanes) is 1. The highest BCUT2D eigenvalue weighted by molar-refractivity contribution is 7.92. The van der Waals surface area contributed by atoms with Gasteiger partial charge in [0.05, 0.1) is 11.9 Å². The number of anilines is 1. The highest BCUT2D eigenvalue weighted by Crippen LogP contribution is 2.24. The zero-order valence-corrected chi connectivity index (χ0v) is 21.9. The molecule has 34 heavy (non-hydrogen) atoms. The Labute approximate surface area is 204 Å². The van der Waals surface area contributed by atoms with Crippen LogP contribution in [0.3, 0.4) is 0 Å². The van der Waals surface area contributed by atoms with Gasteiger partial charge in [0, 0.05) is 13.1 Å². The number of amides is 2. The number of carbonyl (C=O) groups excluding carboxylic acids is 2. The molecule has 2 aromatic rings. The van der Waals surface area contributed by atoms with Gasteiger partial charge in [0.25, 0.3) is 0 Å². The second-order valence-corrected chi connectivity index (χ2v) is 10.7. The lowest BCUT2D eigenvalue weighted by Crippen LogP contribution is -2.51. The van der Waals surface area contributed by atoms with Gasteiger partial charge in [0.1, 0.15) is 12.6 Å². The molecule has 0 heterocycles. The van der Waals surface area contributed by atoms with Crippen molar-refractivity contribution in [1.29, 1.82) is 0 Å². The van der Waals surface area contributed by atoms with Crippen LogP contribution in [0.2, 0.25) is 0 Å². The Hall–Kier alpha value is -2.87. The van der Waals surface area contributed by atoms with E-state index in [1.165, 1.54) is 4.90 Å². The molecule has 0 aromatic heterocycles. The maximum absolute atomic E-state index is 13.6. The first-order valence-corrected chi connectivity index (χ1v) is 13.5. The van der Waals surface area contributed by atoms with Crippen LogP contribution in [0.25, 0.3) is 0 Å². The highest BCUT2D eigenvalue weighted by Gasteiger charge is 2.30. The summed E-state index contributed by atoms with van der Waals surface area (Å²) in [5, 5.41) is 2.89. The van der Waals surface area contributed by atoms with Crippen LogP contribution in [0.5, 0.6) is 0 Å². The molecule has 1 N–H and O–H groups in total. The molecule has 1 atom stereocenters. The van der Waals surface area contributed by atoms with Gasteiger partial charge in [0.15, 0.2) is 0 Å². The molecule has 2 aromatic carbocycles. The number of rotatable bonds is 11. The van der Waals surface area contributed by atoms with Gasteiger partial charge in [-0.25, -0.2) is 8.42 Å². The minimum atomic E-state index is -3.75. The minimum Gasteiger partial charge on any atom is -0.354 e. The third-order valence-corrected chi connectivity index (χ3v) is 7.04. The van der Waals surface area contributed by atoms with E-state index in [2.05, 4.69) is 5.32 Å². The summed E-state index contributed by atoms with van der Waals surface area (Å²) in [4.78, 5) is 27.9. The van der Waals surface area contributed by atoms with Gasteiger partial charge in [-0.2, -0.15) is 0 Å². The van der Waals surface area contributed by atoms with Crippen LogP contribution in [-0.2, 0) is 26.2 Å². The molecule has 0 saturated heterocycles. The van der Waals surface area contributed by atoms with E-state index in [4.69, 9.17) is 0 Å². The number of hydrogen-bond acceptors (Lipinski definition) is 4. The Kier molecular flexibility index (Phi) is 9.67. The predicted octanol–water partition coefficient (Wildman–Crippen LogP) is 3.71. The first-order valence-electron chi connectivity index (χ1n) is 11.6. The van der Waals surface area contributed by atoms with Gasteiger partial charge >= 0.3 is 0 Å². The van der Waals surface area contributed by atoms with Crippen LogP contribution < -0.4 is 9.62 Å². The summed E-state index contributed by atoms with van der Waals surface area (Å²) in [6, 6.07) is 12.4. The number of nitrogens with zero attached hydrogens (tertiary/aromatic N) is 2. The fourth-order valence-corrected chi connectivity index (χ4v) is 4.57. The van der Waals surface area contributed by atoms with Crippen LogP contribution in [0, 0.1) is 20.8 Å². The zero-order valence-electron chi connectivity index (χ0n) is 21.1. The molecule has 8 heteroatoms. The monoisotopic (exact) mass is 487 g/mol. The summed E-state index contributed by atoms with van der Waals surface area (Å²) < 4.78 is 26.6. The molecule has 0 bridgehead atoms. The molecule has 0 aliphatic carbocycles. The second-order valence-electron chi connectivity index (χ2n) is 8.83. The number of aryl methyl sites for hydroxylation is 3. The van der Waals surface area contributed by atoms with Crippen molar-refractivity contribution in [3.05, 3.63) is 64.7 Å². The van der Waals surface area contributed by atoms with Crippen LogP contribution in [0.4, 0.5) is 5.69 Å². The Balaban J connectivity index is 2.41. The molecule has 0 fully saturated rings. The van der Waals surface area contributed by atoms with E-state index in [1.807, 2.05) is 64.1 Å². The normalized spacial score (nSPS) is 12.2. The smallest absolute Gasteiger partial charge is 0.244 e. The van der Waals surface area contributed by atoms with Crippen LogP contribution in [0.1, 0.15) is 48.9 Å². The molecule has 0 aliphatic rings. The number of hydrogen-bond donors (Lipinski definition) is 1. The molecule has 186 valence electrons. The average Bonchev–Trinajstić information content (AvgIpc) is 2.77. The standard InChI is InChI=1S/C26H37N3O4S/c1-7-8-15-27-26(31)22(5)28(17-23-12-10-9-11-20(23)3)25(30)18-29(34(6,32)33)24-16-19(2)13-14-21(24)4/h9-14,16,22H,7-8,15,17-18H2,1-6H3,(H,27,31)/t22-/m1/s1. The topological polar surface area (TPSA) is 86.8 Å². The Morgan fingerprint density at radius 3 is 2.32 bits per heavy atom. The maximum Gasteiger partial charge on any atom is 0.244 e. The van der Waals surface area contributed by atoms with Gasteiger partial charge in [-0.1, -0.05) is 49.7 Å². The summed E-state index contributed by atoms with van der Waals surface area (Å²) >= 11 is 0. The van der Waals surface area contributed by atoms with Crippen LogP contribution >= 0.6 is 0 Å². The summed E-state index contributed by atoms with van der Waals surface area (Å²) in [6.07, 6.45) is 2.88. The molecular weight excluding hydrogens is 450 g/mol. The van der Waals surface area contributed by atoms with Gasteiger partial charge in [-0.15, -0.1) is 0 Å². The summed E-state index contributed by atoms with van der Waals surface area (Å²) in [7, 11) is -3.75. The maximum atomic E-state index is 13.6. The fraction of sp³-hybridized carbons (Fsp3) is 0.462. The van der Waals surface area contributed by atoms with Gasteiger partial charge in [0.2, 0.25) is 21.8 Å². The lowest BCUT2D eigenvalue weighted by molar-refractivity contribution is -0.139. The lowest BCUT2D eigenvalue weighted by atomic mass is 10.1. The molecule has 0 spiro atoms. The van der Waals surface area contributed by atoms with Crippen molar-refractivity contribution >= 4 is 27.5 Å². The molecular formula is C26H37N3O4S. The van der Waals surface area contributed by atoms with E-state index in [1.54, 1.807) is 13.0 Å². The van der Waals surface area contributed by atoms with Crippen LogP contribution in [0.15, 0.2) is 42.5 Å². The second kappa shape index (κ2) is 12.0. The SMILES string of the molecule is CCCCNC(=O)[C@@H](C)N(Cc1ccccc1C)C(=O)CN(c1cc(C)ccc1C)S(C)(=O)=O. The summed E-state index contributed by atoms with van der Waals surface area (Å²) in [5.41, 5.74) is 4.00. The number of nitrogens with one attached hydrogen (secondary N) is 1. The van der Waals surface area contributed by atoms with E-state index in [9.17, 15) is 18.0 Å². The number of benzene rings is 2. The van der Waals surface area contributed by atoms with Crippen molar-refractivity contribution in [2.24, 2.45) is 0 Å². The Morgan fingerprint density at radius 2 is 1.71 bits per heavy atom. The van der Waals surface area contributed by atoms with Crippen molar-refractivity contribution in [2.45, 2.75) is 60.0 Å². The van der Waals surface area contributed by atoms with E-state index in [-0.39, 0.29) is 19.0 Å². The van der Waals surface area contributed by atoms with E-state index >= 15 is 0 Å². The first kappa shape index (κ1) is 27.4. The minimum absolute atomic E-state index is 0.207. The quantitative estimate of drug-likeness (QED) is 0.490. The van der Waals surface area contributed by atoms with Crippen molar-refractivity contribution in [3.8, 4) is 0 Å². The summed E-state index contributed by atoms with van der Waals surface area (Å²) in [5.74, 6) is -0.694. The van der Waals surface area contributed by atoms with E-state index < -0.39 is 22.0 Å². The van der Waals surface area contributed by atoms with E-state index in [0.717, 1.165) is 45.7 Å². The number of carbonyl (C=O) groups is 2. The summed E-state index contributed by atoms with van der Waals surface area (Å²) in [6.45, 7) is 9.70. The van der Waals surface area contributed by atoms with Gasteiger partial charge in [-0.05, 0) is 62.4 Å². The van der Waals surface area contributed by atoms with Crippen molar-refractivity contribution in [2.75, 3.05) is 23.7 Å². The molecule has 2 amide bonds. The van der Waals surface area contributed by atoms with E-state index in [0.29, 0.717) is 12.2 Å². The average molecular weight is 488 g/mol. The Bertz CT molecular complexity index is 1110. The first-order chi connectivity index (χ1) is 16.0. The Morgan fingerprint density at radius 1 is 1.03 bits per heavy atom. The molecule has 2 rings (SSSR count). The van der Waals surface area contributed by atoms with Crippen LogP contribution in [-0.4, -0.2) is 50.5 Å². The third-order valence-electron chi connectivity index (χ3n) is 5.91. The number of sulfonamides is 1. The van der Waals surface area contributed by atoms with Crippen molar-refractivity contribution in [3.63, 3.8) is 0 Å². The molecule has 0 aliphatic heterocycles. The molecule has 0 unspecified atom stereocenters. The third kappa shape index (κ3) is 7.32. The van der Waals surface area contributed by atoms with Gasteiger partial charge in [-0.3, -0.25) is 13.9 Å². The van der Waals surface area contributed by atoms with Gasteiger partial charge < -0.3 is 10.2 Å². The molecule has 0 radical (unpaired) electrons.